The van der Waals surface area contributed by atoms with Crippen LogP contribution in [0.1, 0.15) is 19.8 Å². The highest BCUT2D eigenvalue weighted by atomic mass is 32.2. The van der Waals surface area contributed by atoms with Crippen LogP contribution in [0.15, 0.2) is 0 Å². The number of nitrogens with zero attached hydrogens (tertiary/aromatic N) is 1. The number of rotatable bonds is 4. The molecule has 0 aliphatic carbocycles. The fourth-order valence-corrected chi connectivity index (χ4v) is 3.53. The topological polar surface area (TPSA) is 83.9 Å². The van der Waals surface area contributed by atoms with Crippen LogP contribution >= 0.6 is 0 Å². The third-order valence-electron chi connectivity index (χ3n) is 2.84. The Morgan fingerprint density at radius 1 is 1.62 bits per heavy atom. The number of ether oxygens (including phenoxy) is 1. The largest absolute Gasteiger partial charge is 0.468 e. The van der Waals surface area contributed by atoms with E-state index in [2.05, 4.69) is 4.74 Å². The van der Waals surface area contributed by atoms with E-state index < -0.39 is 27.3 Å². The molecule has 1 heterocycles. The average molecular weight is 251 g/mol. The Labute approximate surface area is 95.2 Å². The smallest absolute Gasteiger partial charge is 0.325 e. The fraction of sp³-hybridized carbons (Fsp3) is 0.889. The van der Waals surface area contributed by atoms with Gasteiger partial charge in [-0.3, -0.25) is 4.79 Å². The van der Waals surface area contributed by atoms with Gasteiger partial charge < -0.3 is 9.84 Å². The van der Waals surface area contributed by atoms with Crippen molar-refractivity contribution in [1.82, 2.24) is 4.31 Å². The molecule has 1 rings (SSSR count). The minimum absolute atomic E-state index is 0.215. The number of carbonyl (C=O) groups is 1. The molecule has 1 aliphatic heterocycles. The predicted molar refractivity (Wildman–Crippen MR) is 57.2 cm³/mol. The Morgan fingerprint density at radius 2 is 2.25 bits per heavy atom. The molecule has 0 saturated carbocycles. The summed E-state index contributed by atoms with van der Waals surface area (Å²) in [5.41, 5.74) is 0. The van der Waals surface area contributed by atoms with Gasteiger partial charge in [-0.15, -0.1) is 0 Å². The molecule has 0 aromatic rings. The van der Waals surface area contributed by atoms with Crippen molar-refractivity contribution in [2.75, 3.05) is 20.3 Å². The van der Waals surface area contributed by atoms with Crippen LogP contribution in [0.2, 0.25) is 0 Å². The van der Waals surface area contributed by atoms with Crippen molar-refractivity contribution in [1.29, 1.82) is 0 Å². The lowest BCUT2D eigenvalue weighted by atomic mass is 10.2. The SMILES string of the molecule is COC(=O)C(C)S(=O)(=O)N1CCCC1CO. The van der Waals surface area contributed by atoms with Crippen molar-refractivity contribution < 1.29 is 23.1 Å². The van der Waals surface area contributed by atoms with Gasteiger partial charge in [-0.25, -0.2) is 8.42 Å². The van der Waals surface area contributed by atoms with E-state index >= 15 is 0 Å². The van der Waals surface area contributed by atoms with E-state index in [0.29, 0.717) is 19.4 Å². The lowest BCUT2D eigenvalue weighted by molar-refractivity contribution is -0.139. The van der Waals surface area contributed by atoms with Crippen LogP contribution in [0.5, 0.6) is 0 Å². The Balaban J connectivity index is 2.88. The van der Waals surface area contributed by atoms with Gasteiger partial charge in [-0.2, -0.15) is 4.31 Å². The van der Waals surface area contributed by atoms with Crippen molar-refractivity contribution in [3.8, 4) is 0 Å². The molecule has 1 N–H and O–H groups in total. The van der Waals surface area contributed by atoms with Crippen molar-refractivity contribution in [2.24, 2.45) is 0 Å². The van der Waals surface area contributed by atoms with E-state index in [9.17, 15) is 13.2 Å². The molecular formula is C9H17NO5S. The van der Waals surface area contributed by atoms with Gasteiger partial charge in [0.1, 0.15) is 0 Å². The van der Waals surface area contributed by atoms with Crippen molar-refractivity contribution >= 4 is 16.0 Å². The normalized spacial score (nSPS) is 24.3. The molecule has 2 unspecified atom stereocenters. The van der Waals surface area contributed by atoms with E-state index in [-0.39, 0.29) is 6.61 Å². The number of aliphatic hydroxyl groups excluding tert-OH is 1. The molecule has 0 radical (unpaired) electrons. The third-order valence-corrected chi connectivity index (χ3v) is 5.06. The zero-order chi connectivity index (χ0) is 12.3. The number of methoxy groups -OCH3 is 1. The maximum absolute atomic E-state index is 12.0. The Bertz CT molecular complexity index is 353. The molecule has 1 fully saturated rings. The van der Waals surface area contributed by atoms with E-state index in [1.54, 1.807) is 0 Å². The molecule has 0 amide bonds. The average Bonchev–Trinajstić information content (AvgIpc) is 2.75. The molecule has 1 saturated heterocycles. The second kappa shape index (κ2) is 5.11. The highest BCUT2D eigenvalue weighted by Crippen LogP contribution is 2.23. The van der Waals surface area contributed by atoms with Gasteiger partial charge in [-0.05, 0) is 19.8 Å². The van der Waals surface area contributed by atoms with Crippen LogP contribution in [-0.4, -0.2) is 55.4 Å². The maximum Gasteiger partial charge on any atom is 0.325 e. The molecule has 0 aromatic heterocycles. The van der Waals surface area contributed by atoms with Gasteiger partial charge in [0.15, 0.2) is 5.25 Å². The van der Waals surface area contributed by atoms with Gasteiger partial charge in [0.2, 0.25) is 10.0 Å². The summed E-state index contributed by atoms with van der Waals surface area (Å²) >= 11 is 0. The summed E-state index contributed by atoms with van der Waals surface area (Å²) in [5.74, 6) is -0.774. The van der Waals surface area contributed by atoms with Gasteiger partial charge in [-0.1, -0.05) is 0 Å². The molecule has 2 atom stereocenters. The first-order valence-electron chi connectivity index (χ1n) is 5.14. The first kappa shape index (κ1) is 13.4. The highest BCUT2D eigenvalue weighted by molar-refractivity contribution is 7.90. The number of esters is 1. The van der Waals surface area contributed by atoms with Crippen molar-refractivity contribution in [2.45, 2.75) is 31.1 Å². The van der Waals surface area contributed by atoms with Crippen LogP contribution in [0, 0.1) is 0 Å². The predicted octanol–water partition coefficient (Wildman–Crippen LogP) is -0.666. The van der Waals surface area contributed by atoms with Crippen LogP contribution in [-0.2, 0) is 19.6 Å². The van der Waals surface area contributed by atoms with Crippen LogP contribution in [0.4, 0.5) is 0 Å². The van der Waals surface area contributed by atoms with Gasteiger partial charge in [0.05, 0.1) is 13.7 Å². The quantitative estimate of drug-likeness (QED) is 0.670. The summed E-state index contributed by atoms with van der Waals surface area (Å²) in [7, 11) is -2.56. The number of hydrogen-bond donors (Lipinski definition) is 1. The van der Waals surface area contributed by atoms with E-state index in [0.717, 1.165) is 7.11 Å². The lowest BCUT2D eigenvalue weighted by Gasteiger charge is -2.24. The summed E-state index contributed by atoms with van der Waals surface area (Å²) in [4.78, 5) is 11.2. The first-order valence-corrected chi connectivity index (χ1v) is 6.64. The minimum Gasteiger partial charge on any atom is -0.468 e. The molecule has 7 heteroatoms. The minimum atomic E-state index is -3.71. The summed E-state index contributed by atoms with van der Waals surface area (Å²) in [6.45, 7) is 1.44. The molecule has 0 bridgehead atoms. The highest BCUT2D eigenvalue weighted by Gasteiger charge is 2.40. The molecule has 1 aliphatic rings. The first-order chi connectivity index (χ1) is 7.45. The van der Waals surface area contributed by atoms with Gasteiger partial charge >= 0.3 is 5.97 Å². The van der Waals surface area contributed by atoms with Crippen molar-refractivity contribution in [3.05, 3.63) is 0 Å². The zero-order valence-corrected chi connectivity index (χ0v) is 10.2. The van der Waals surface area contributed by atoms with E-state index in [4.69, 9.17) is 5.11 Å². The summed E-state index contributed by atoms with van der Waals surface area (Å²) in [5, 5.41) is 7.84. The zero-order valence-electron chi connectivity index (χ0n) is 9.42. The summed E-state index contributed by atoms with van der Waals surface area (Å²) in [6.07, 6.45) is 1.34. The van der Waals surface area contributed by atoms with Crippen LogP contribution in [0.3, 0.4) is 0 Å². The summed E-state index contributed by atoms with van der Waals surface area (Å²) in [6, 6.07) is -0.405. The Morgan fingerprint density at radius 3 is 2.75 bits per heavy atom. The molecule has 94 valence electrons. The number of sulfonamides is 1. The Hall–Kier alpha value is -0.660. The number of aliphatic hydroxyl groups is 1. The molecule has 16 heavy (non-hydrogen) atoms. The van der Waals surface area contributed by atoms with Crippen LogP contribution in [0.25, 0.3) is 0 Å². The molecule has 0 aromatic carbocycles. The Kier molecular flexibility index (Phi) is 4.28. The second-order valence-electron chi connectivity index (χ2n) is 3.80. The number of hydrogen-bond acceptors (Lipinski definition) is 5. The number of carbonyl (C=O) groups excluding carboxylic acids is 1. The van der Waals surface area contributed by atoms with E-state index in [1.807, 2.05) is 0 Å². The molecule has 0 spiro atoms. The second-order valence-corrected chi connectivity index (χ2v) is 6.01. The standard InChI is InChI=1S/C9H17NO5S/c1-7(9(12)15-2)16(13,14)10-5-3-4-8(10)6-11/h7-8,11H,3-6H2,1-2H3. The van der Waals surface area contributed by atoms with Crippen LogP contribution < -0.4 is 0 Å². The van der Waals surface area contributed by atoms with Gasteiger partial charge in [0.25, 0.3) is 0 Å². The molecular weight excluding hydrogens is 234 g/mol. The monoisotopic (exact) mass is 251 g/mol. The molecule has 6 nitrogen and oxygen atoms in total. The van der Waals surface area contributed by atoms with Crippen molar-refractivity contribution in [3.63, 3.8) is 0 Å². The lowest BCUT2D eigenvalue weighted by Crippen LogP contribution is -2.45. The maximum atomic E-state index is 12.0. The summed E-state index contributed by atoms with van der Waals surface area (Å²) < 4.78 is 29.7. The van der Waals surface area contributed by atoms with E-state index in [1.165, 1.54) is 11.2 Å². The fourth-order valence-electron chi connectivity index (χ4n) is 1.82. The van der Waals surface area contributed by atoms with Gasteiger partial charge in [0, 0.05) is 12.6 Å². The third kappa shape index (κ3) is 2.36.